The van der Waals surface area contributed by atoms with Crippen LogP contribution in [0.3, 0.4) is 0 Å². The van der Waals surface area contributed by atoms with Crippen molar-refractivity contribution in [2.45, 2.75) is 51.3 Å². The molecule has 0 spiro atoms. The second kappa shape index (κ2) is 4.85. The lowest BCUT2D eigenvalue weighted by atomic mass is 10.0. The second-order valence-corrected chi connectivity index (χ2v) is 6.21. The van der Waals surface area contributed by atoms with E-state index in [0.29, 0.717) is 6.54 Å². The average molecular weight is 262 g/mol. The molecule has 1 aromatic carbocycles. The molecule has 3 N–H and O–H groups in total. The molecular weight excluding hydrogens is 240 g/mol. The molecule has 2 rings (SSSR count). The smallest absolute Gasteiger partial charge is 0.407 e. The van der Waals surface area contributed by atoms with Gasteiger partial charge in [0, 0.05) is 12.1 Å². The summed E-state index contributed by atoms with van der Waals surface area (Å²) in [6, 6.07) is 8.06. The van der Waals surface area contributed by atoms with E-state index in [1.165, 1.54) is 0 Å². The summed E-state index contributed by atoms with van der Waals surface area (Å²) in [5.74, 6) is 0. The summed E-state index contributed by atoms with van der Waals surface area (Å²) < 4.78 is 5.19. The first-order valence-electron chi connectivity index (χ1n) is 6.64. The molecule has 104 valence electrons. The molecule has 1 amide bonds. The molecule has 0 atom stereocenters. The van der Waals surface area contributed by atoms with Gasteiger partial charge in [-0.25, -0.2) is 4.79 Å². The minimum Gasteiger partial charge on any atom is -0.444 e. The van der Waals surface area contributed by atoms with Gasteiger partial charge in [0.25, 0.3) is 0 Å². The molecule has 4 heteroatoms. The number of hydrogen-bond donors (Lipinski definition) is 2. The number of hydrogen-bond acceptors (Lipinski definition) is 3. The Hall–Kier alpha value is -1.55. The van der Waals surface area contributed by atoms with Crippen molar-refractivity contribution in [3.63, 3.8) is 0 Å². The third kappa shape index (κ3) is 3.96. The van der Waals surface area contributed by atoms with Crippen molar-refractivity contribution < 1.29 is 9.53 Å². The van der Waals surface area contributed by atoms with E-state index in [2.05, 4.69) is 11.4 Å². The summed E-state index contributed by atoms with van der Waals surface area (Å²) in [4.78, 5) is 11.6. The van der Waals surface area contributed by atoms with Crippen molar-refractivity contribution in [2.75, 3.05) is 0 Å². The van der Waals surface area contributed by atoms with Gasteiger partial charge in [-0.05, 0) is 44.7 Å². The number of ether oxygens (including phenoxy) is 1. The average Bonchev–Trinajstić information content (AvgIpc) is 3.04. The van der Waals surface area contributed by atoms with Crippen LogP contribution in [0.15, 0.2) is 24.3 Å². The van der Waals surface area contributed by atoms with Crippen LogP contribution in [-0.2, 0) is 16.8 Å². The van der Waals surface area contributed by atoms with E-state index < -0.39 is 11.7 Å². The fourth-order valence-electron chi connectivity index (χ4n) is 1.90. The lowest BCUT2D eigenvalue weighted by Gasteiger charge is -2.19. The molecule has 0 aliphatic heterocycles. The lowest BCUT2D eigenvalue weighted by molar-refractivity contribution is 0.0523. The minimum absolute atomic E-state index is 0.137. The van der Waals surface area contributed by atoms with Crippen molar-refractivity contribution in [3.8, 4) is 0 Å². The summed E-state index contributed by atoms with van der Waals surface area (Å²) >= 11 is 0. The first kappa shape index (κ1) is 13.9. The van der Waals surface area contributed by atoms with E-state index >= 15 is 0 Å². The van der Waals surface area contributed by atoms with Crippen molar-refractivity contribution in [1.82, 2.24) is 5.32 Å². The number of rotatable bonds is 3. The Kier molecular flexibility index (Phi) is 3.54. The molecule has 0 bridgehead atoms. The van der Waals surface area contributed by atoms with Gasteiger partial charge in [-0.1, -0.05) is 24.3 Å². The summed E-state index contributed by atoms with van der Waals surface area (Å²) in [6.45, 7) is 5.99. The summed E-state index contributed by atoms with van der Waals surface area (Å²) in [5.41, 5.74) is 7.75. The molecule has 19 heavy (non-hydrogen) atoms. The number of nitrogens with two attached hydrogens (primary N) is 1. The van der Waals surface area contributed by atoms with E-state index in [9.17, 15) is 4.79 Å². The van der Waals surface area contributed by atoms with Gasteiger partial charge in [0.05, 0.1) is 0 Å². The van der Waals surface area contributed by atoms with Crippen LogP contribution in [0.2, 0.25) is 0 Å². The van der Waals surface area contributed by atoms with Crippen molar-refractivity contribution in [3.05, 3.63) is 35.4 Å². The zero-order valence-electron chi connectivity index (χ0n) is 11.8. The molecule has 1 saturated carbocycles. The third-order valence-electron chi connectivity index (χ3n) is 3.13. The topological polar surface area (TPSA) is 64.3 Å². The Labute approximate surface area is 114 Å². The largest absolute Gasteiger partial charge is 0.444 e. The predicted octanol–water partition coefficient (Wildman–Crippen LogP) is 2.66. The Balaban J connectivity index is 1.91. The minimum atomic E-state index is -0.471. The normalized spacial score (nSPS) is 16.8. The van der Waals surface area contributed by atoms with E-state index in [1.54, 1.807) is 0 Å². The Bertz CT molecular complexity index is 473. The van der Waals surface area contributed by atoms with Crippen LogP contribution in [-0.4, -0.2) is 11.7 Å². The number of alkyl carbamates (subject to hydrolysis) is 1. The Morgan fingerprint density at radius 1 is 1.42 bits per heavy atom. The fraction of sp³-hybridized carbons (Fsp3) is 0.533. The van der Waals surface area contributed by atoms with Gasteiger partial charge >= 0.3 is 6.09 Å². The molecule has 1 fully saturated rings. The Morgan fingerprint density at radius 3 is 2.68 bits per heavy atom. The van der Waals surface area contributed by atoms with Crippen LogP contribution in [0, 0.1) is 0 Å². The van der Waals surface area contributed by atoms with Crippen LogP contribution in [0.5, 0.6) is 0 Å². The lowest BCUT2D eigenvalue weighted by Crippen LogP contribution is -2.32. The van der Waals surface area contributed by atoms with Gasteiger partial charge < -0.3 is 15.8 Å². The highest BCUT2D eigenvalue weighted by atomic mass is 16.6. The Morgan fingerprint density at radius 2 is 2.11 bits per heavy atom. The van der Waals surface area contributed by atoms with Gasteiger partial charge in [0.1, 0.15) is 5.60 Å². The van der Waals surface area contributed by atoms with Crippen LogP contribution >= 0.6 is 0 Å². The molecule has 0 heterocycles. The SMILES string of the molecule is CC(C)(C)OC(=O)NCc1cccc(C2(N)CC2)c1. The molecule has 1 aliphatic rings. The zero-order chi connectivity index (χ0) is 14.1. The first-order valence-corrected chi connectivity index (χ1v) is 6.64. The summed E-state index contributed by atoms with van der Waals surface area (Å²) in [5, 5.41) is 2.75. The first-order chi connectivity index (χ1) is 8.78. The van der Waals surface area contributed by atoms with Gasteiger partial charge in [-0.15, -0.1) is 0 Å². The standard InChI is InChI=1S/C15H22N2O2/c1-14(2,3)19-13(18)17-10-11-5-4-6-12(9-11)15(16)7-8-15/h4-6,9H,7-8,10,16H2,1-3H3,(H,17,18). The van der Waals surface area contributed by atoms with Gasteiger partial charge in [0.15, 0.2) is 0 Å². The number of carbonyl (C=O) groups is 1. The van der Waals surface area contributed by atoms with Crippen molar-refractivity contribution in [2.24, 2.45) is 5.73 Å². The predicted molar refractivity (Wildman–Crippen MR) is 74.6 cm³/mol. The van der Waals surface area contributed by atoms with Gasteiger partial charge in [-0.3, -0.25) is 0 Å². The van der Waals surface area contributed by atoms with Crippen LogP contribution in [0.1, 0.15) is 44.7 Å². The number of benzene rings is 1. The number of carbonyl (C=O) groups excluding carboxylic acids is 1. The molecule has 0 aromatic heterocycles. The quantitative estimate of drug-likeness (QED) is 0.880. The zero-order valence-corrected chi connectivity index (χ0v) is 11.8. The van der Waals surface area contributed by atoms with E-state index in [4.69, 9.17) is 10.5 Å². The maximum Gasteiger partial charge on any atom is 0.407 e. The van der Waals surface area contributed by atoms with Gasteiger partial charge in [0.2, 0.25) is 0 Å². The molecule has 1 aromatic rings. The molecule has 0 unspecified atom stereocenters. The van der Waals surface area contributed by atoms with Crippen LogP contribution < -0.4 is 11.1 Å². The molecule has 1 aliphatic carbocycles. The van der Waals surface area contributed by atoms with Crippen LogP contribution in [0.4, 0.5) is 4.79 Å². The van der Waals surface area contributed by atoms with E-state index in [0.717, 1.165) is 24.0 Å². The monoisotopic (exact) mass is 262 g/mol. The highest BCUT2D eigenvalue weighted by Crippen LogP contribution is 2.42. The highest BCUT2D eigenvalue weighted by molar-refractivity contribution is 5.67. The maximum absolute atomic E-state index is 11.6. The third-order valence-corrected chi connectivity index (χ3v) is 3.13. The summed E-state index contributed by atoms with van der Waals surface area (Å²) in [6.07, 6.45) is 1.68. The number of amides is 1. The number of nitrogens with one attached hydrogen (secondary N) is 1. The van der Waals surface area contributed by atoms with Crippen molar-refractivity contribution in [1.29, 1.82) is 0 Å². The van der Waals surface area contributed by atoms with Gasteiger partial charge in [-0.2, -0.15) is 0 Å². The maximum atomic E-state index is 11.6. The molecular formula is C15H22N2O2. The summed E-state index contributed by atoms with van der Waals surface area (Å²) in [7, 11) is 0. The van der Waals surface area contributed by atoms with Crippen LogP contribution in [0.25, 0.3) is 0 Å². The molecule has 0 saturated heterocycles. The van der Waals surface area contributed by atoms with E-state index in [1.807, 2.05) is 39.0 Å². The molecule has 4 nitrogen and oxygen atoms in total. The van der Waals surface area contributed by atoms with Crippen molar-refractivity contribution >= 4 is 6.09 Å². The van der Waals surface area contributed by atoms with E-state index in [-0.39, 0.29) is 5.54 Å². The molecule has 0 radical (unpaired) electrons. The second-order valence-electron chi connectivity index (χ2n) is 6.21. The fourth-order valence-corrected chi connectivity index (χ4v) is 1.90. The highest BCUT2D eigenvalue weighted by Gasteiger charge is 2.39.